The summed E-state index contributed by atoms with van der Waals surface area (Å²) in [5.74, 6) is 1.72. The number of carbonyl (C=O) groups is 1. The second-order valence-corrected chi connectivity index (χ2v) is 7.92. The van der Waals surface area contributed by atoms with E-state index < -0.39 is 0 Å². The molecule has 1 amide bonds. The van der Waals surface area contributed by atoms with Crippen LogP contribution in [0.15, 0.2) is 23.2 Å². The molecule has 1 saturated heterocycles. The number of ether oxygens (including phenoxy) is 1. The van der Waals surface area contributed by atoms with Gasteiger partial charge in [-0.25, -0.2) is 0 Å². The van der Waals surface area contributed by atoms with Crippen LogP contribution in [0.4, 0.5) is 0 Å². The molecule has 1 aromatic rings. The third kappa shape index (κ3) is 8.40. The Labute approximate surface area is 185 Å². The summed E-state index contributed by atoms with van der Waals surface area (Å²) in [6.07, 6.45) is 3.73. The summed E-state index contributed by atoms with van der Waals surface area (Å²) in [4.78, 5) is 18.8. The van der Waals surface area contributed by atoms with E-state index in [1.54, 1.807) is 7.11 Å². The van der Waals surface area contributed by atoms with Crippen LogP contribution in [0.3, 0.4) is 0 Å². The Morgan fingerprint density at radius 1 is 1.27 bits per heavy atom. The summed E-state index contributed by atoms with van der Waals surface area (Å²) >= 11 is 6.33. The first-order valence-corrected chi connectivity index (χ1v) is 11.3. The Bertz CT molecular complexity index is 690. The van der Waals surface area contributed by atoms with Gasteiger partial charge in [-0.15, -0.1) is 0 Å². The number of hydrogen-bond acceptors (Lipinski definition) is 4. The van der Waals surface area contributed by atoms with Gasteiger partial charge in [0.2, 0.25) is 5.91 Å². The zero-order chi connectivity index (χ0) is 21.8. The number of likely N-dealkylation sites (tertiary alicyclic amines) is 1. The van der Waals surface area contributed by atoms with Crippen molar-refractivity contribution in [2.75, 3.05) is 46.4 Å². The van der Waals surface area contributed by atoms with Gasteiger partial charge in [0.05, 0.1) is 13.7 Å². The lowest BCUT2D eigenvalue weighted by atomic mass is 10.1. The first kappa shape index (κ1) is 24.3. The highest BCUT2D eigenvalue weighted by Gasteiger charge is 2.21. The van der Waals surface area contributed by atoms with E-state index in [1.165, 1.54) is 0 Å². The molecule has 0 atom stereocenters. The Morgan fingerprint density at radius 3 is 2.67 bits per heavy atom. The van der Waals surface area contributed by atoms with Gasteiger partial charge in [-0.05, 0) is 50.3 Å². The zero-order valence-corrected chi connectivity index (χ0v) is 19.2. The number of carbonyl (C=O) groups excluding carboxylic acids is 1. The quantitative estimate of drug-likeness (QED) is 0.387. The van der Waals surface area contributed by atoms with Crippen LogP contribution < -0.4 is 20.7 Å². The monoisotopic (exact) mass is 437 g/mol. The molecule has 2 rings (SSSR count). The summed E-state index contributed by atoms with van der Waals surface area (Å²) in [6.45, 7) is 8.66. The third-order valence-corrected chi connectivity index (χ3v) is 5.48. The minimum absolute atomic E-state index is 0.121. The van der Waals surface area contributed by atoms with Crippen LogP contribution in [-0.4, -0.2) is 69.2 Å². The lowest BCUT2D eigenvalue weighted by Gasteiger charge is -2.32. The van der Waals surface area contributed by atoms with Crippen LogP contribution in [0.5, 0.6) is 5.75 Å². The Hall–Kier alpha value is -1.99. The van der Waals surface area contributed by atoms with Crippen LogP contribution >= 0.6 is 11.6 Å². The van der Waals surface area contributed by atoms with Gasteiger partial charge >= 0.3 is 0 Å². The summed E-state index contributed by atoms with van der Waals surface area (Å²) in [6, 6.07) is 6.11. The minimum Gasteiger partial charge on any atom is -0.497 e. The zero-order valence-electron chi connectivity index (χ0n) is 18.5. The predicted molar refractivity (Wildman–Crippen MR) is 124 cm³/mol. The number of benzene rings is 1. The molecule has 1 fully saturated rings. The van der Waals surface area contributed by atoms with Gasteiger partial charge in [-0.3, -0.25) is 14.7 Å². The molecule has 8 heteroatoms. The van der Waals surface area contributed by atoms with Gasteiger partial charge in [-0.2, -0.15) is 0 Å². The van der Waals surface area contributed by atoms with E-state index in [-0.39, 0.29) is 5.91 Å². The van der Waals surface area contributed by atoms with Gasteiger partial charge in [0.25, 0.3) is 0 Å². The number of nitrogens with one attached hydrogen (secondary N) is 3. The highest BCUT2D eigenvalue weighted by Crippen LogP contribution is 2.22. The molecule has 0 aromatic heterocycles. The van der Waals surface area contributed by atoms with Crippen LogP contribution in [0.1, 0.15) is 38.7 Å². The Kier molecular flexibility index (Phi) is 10.8. The Balaban J connectivity index is 1.79. The van der Waals surface area contributed by atoms with Crippen molar-refractivity contribution in [3.8, 4) is 5.75 Å². The van der Waals surface area contributed by atoms with Gasteiger partial charge in [-0.1, -0.05) is 24.6 Å². The first-order chi connectivity index (χ1) is 14.5. The molecule has 0 saturated carbocycles. The van der Waals surface area contributed by atoms with E-state index in [4.69, 9.17) is 21.3 Å². The van der Waals surface area contributed by atoms with E-state index in [2.05, 4.69) is 34.7 Å². The number of aliphatic imine (C=N–C) groups is 1. The Morgan fingerprint density at radius 2 is 2.03 bits per heavy atom. The normalized spacial score (nSPS) is 15.7. The minimum atomic E-state index is 0.121. The average Bonchev–Trinajstić information content (AvgIpc) is 2.74. The number of nitrogens with zero attached hydrogens (tertiary/aromatic N) is 2. The molecule has 1 aliphatic heterocycles. The second-order valence-electron chi connectivity index (χ2n) is 7.51. The van der Waals surface area contributed by atoms with Crippen molar-refractivity contribution in [2.45, 2.75) is 45.6 Å². The lowest BCUT2D eigenvalue weighted by Crippen LogP contribution is -2.50. The van der Waals surface area contributed by atoms with Gasteiger partial charge in [0.15, 0.2) is 5.96 Å². The fourth-order valence-corrected chi connectivity index (χ4v) is 3.68. The molecule has 0 aliphatic carbocycles. The molecular formula is C22H36ClN5O2. The van der Waals surface area contributed by atoms with Crippen LogP contribution in [0.2, 0.25) is 5.02 Å². The van der Waals surface area contributed by atoms with Crippen molar-refractivity contribution in [1.29, 1.82) is 0 Å². The van der Waals surface area contributed by atoms with Crippen molar-refractivity contribution in [1.82, 2.24) is 20.9 Å². The largest absolute Gasteiger partial charge is 0.497 e. The summed E-state index contributed by atoms with van der Waals surface area (Å²) < 4.78 is 5.20. The maximum atomic E-state index is 11.9. The van der Waals surface area contributed by atoms with Crippen LogP contribution in [-0.2, 0) is 11.2 Å². The highest BCUT2D eigenvalue weighted by molar-refractivity contribution is 6.31. The maximum absolute atomic E-state index is 11.9. The number of halogens is 1. The molecule has 168 valence electrons. The molecule has 1 aromatic carbocycles. The molecule has 3 N–H and O–H groups in total. The molecule has 1 heterocycles. The van der Waals surface area contributed by atoms with Crippen molar-refractivity contribution < 1.29 is 9.53 Å². The van der Waals surface area contributed by atoms with E-state index in [9.17, 15) is 4.79 Å². The van der Waals surface area contributed by atoms with Gasteiger partial charge in [0.1, 0.15) is 5.75 Å². The molecule has 0 unspecified atom stereocenters. The smallest absolute Gasteiger partial charge is 0.234 e. The summed E-state index contributed by atoms with van der Waals surface area (Å²) in [7, 11) is 1.63. The predicted octanol–water partition coefficient (Wildman–Crippen LogP) is 2.44. The van der Waals surface area contributed by atoms with Crippen molar-refractivity contribution in [3.63, 3.8) is 0 Å². The average molecular weight is 438 g/mol. The number of guanidine groups is 1. The number of rotatable bonds is 10. The molecule has 0 spiro atoms. The fourth-order valence-electron chi connectivity index (χ4n) is 3.42. The molecule has 0 bridgehead atoms. The number of methoxy groups -OCH3 is 1. The molecular weight excluding hydrogens is 402 g/mol. The molecule has 1 aliphatic rings. The fraction of sp³-hybridized carbons (Fsp3) is 0.636. The first-order valence-electron chi connectivity index (χ1n) is 10.9. The van der Waals surface area contributed by atoms with Gasteiger partial charge in [0, 0.05) is 43.8 Å². The van der Waals surface area contributed by atoms with E-state index >= 15 is 0 Å². The molecule has 0 radical (unpaired) electrons. The number of piperidine rings is 1. The maximum Gasteiger partial charge on any atom is 0.234 e. The highest BCUT2D eigenvalue weighted by atomic mass is 35.5. The summed E-state index contributed by atoms with van der Waals surface area (Å²) in [5, 5.41) is 10.5. The van der Waals surface area contributed by atoms with Crippen molar-refractivity contribution >= 4 is 23.5 Å². The van der Waals surface area contributed by atoms with E-state index in [0.717, 1.165) is 69.1 Å². The number of amides is 1. The van der Waals surface area contributed by atoms with E-state index in [0.29, 0.717) is 24.2 Å². The van der Waals surface area contributed by atoms with E-state index in [1.807, 2.05) is 18.2 Å². The van der Waals surface area contributed by atoms with Gasteiger partial charge < -0.3 is 20.7 Å². The summed E-state index contributed by atoms with van der Waals surface area (Å²) in [5.41, 5.74) is 1.06. The van der Waals surface area contributed by atoms with Crippen molar-refractivity contribution in [3.05, 3.63) is 28.8 Å². The lowest BCUT2D eigenvalue weighted by molar-refractivity contribution is -0.122. The SMILES string of the molecule is CCCNC(=O)CN1CCC(NC(=NCCc2ccc(OC)cc2Cl)NCC)CC1. The second kappa shape index (κ2) is 13.3. The third-order valence-electron chi connectivity index (χ3n) is 5.12. The number of hydrogen-bond donors (Lipinski definition) is 3. The van der Waals surface area contributed by atoms with Crippen LogP contribution in [0.25, 0.3) is 0 Å². The molecule has 30 heavy (non-hydrogen) atoms. The topological polar surface area (TPSA) is 78.0 Å². The standard InChI is InChI=1S/C22H36ClN5O2/c1-4-11-25-21(29)16-28-13-9-18(10-14-28)27-22(24-5-2)26-12-8-17-6-7-19(30-3)15-20(17)23/h6-7,15,18H,4-5,8-14,16H2,1-3H3,(H,25,29)(H2,24,26,27). The molecule has 7 nitrogen and oxygen atoms in total. The van der Waals surface area contributed by atoms with Crippen molar-refractivity contribution in [2.24, 2.45) is 4.99 Å². The van der Waals surface area contributed by atoms with Crippen LogP contribution in [0, 0.1) is 0 Å².